The van der Waals surface area contributed by atoms with Crippen LogP contribution >= 0.6 is 0 Å². The predicted molar refractivity (Wildman–Crippen MR) is 84.4 cm³/mol. The van der Waals surface area contributed by atoms with Crippen molar-refractivity contribution >= 4 is 5.91 Å². The number of carbonyl (C=O) groups is 1. The van der Waals surface area contributed by atoms with Crippen LogP contribution in [0.25, 0.3) is 0 Å². The number of morpholine rings is 1. The van der Waals surface area contributed by atoms with Crippen molar-refractivity contribution in [3.05, 3.63) is 0 Å². The second-order valence-corrected chi connectivity index (χ2v) is 6.70. The van der Waals surface area contributed by atoms with Crippen molar-refractivity contribution in [2.24, 2.45) is 0 Å². The van der Waals surface area contributed by atoms with Crippen LogP contribution in [-0.4, -0.2) is 73.2 Å². The van der Waals surface area contributed by atoms with E-state index >= 15 is 0 Å². The summed E-state index contributed by atoms with van der Waals surface area (Å²) in [7, 11) is 0. The minimum absolute atomic E-state index is 0.0458. The molecule has 0 aromatic heterocycles. The normalized spacial score (nSPS) is 24.2. The molecule has 2 aliphatic heterocycles. The number of ether oxygens (including phenoxy) is 1. The second kappa shape index (κ2) is 7.56. The molecule has 0 saturated carbocycles. The van der Waals surface area contributed by atoms with Crippen molar-refractivity contribution in [2.75, 3.05) is 45.9 Å². The first-order valence-corrected chi connectivity index (χ1v) is 8.40. The molecule has 0 atom stereocenters. The van der Waals surface area contributed by atoms with E-state index in [0.717, 1.165) is 58.8 Å². The predicted octanol–water partition coefficient (Wildman–Crippen LogP) is 1.09. The van der Waals surface area contributed by atoms with Crippen molar-refractivity contribution in [1.29, 1.82) is 0 Å². The zero-order valence-electron chi connectivity index (χ0n) is 13.9. The number of nitrogens with one attached hydrogen (secondary N) is 1. The van der Waals surface area contributed by atoms with Crippen molar-refractivity contribution in [2.45, 2.75) is 51.6 Å². The van der Waals surface area contributed by atoms with Crippen molar-refractivity contribution < 1.29 is 9.53 Å². The first-order chi connectivity index (χ1) is 10.0. The molecule has 0 unspecified atom stereocenters. The maximum absolute atomic E-state index is 12.0. The van der Waals surface area contributed by atoms with Gasteiger partial charge in [-0.3, -0.25) is 9.69 Å². The van der Waals surface area contributed by atoms with Gasteiger partial charge in [0.25, 0.3) is 0 Å². The lowest BCUT2D eigenvalue weighted by Crippen LogP contribution is -2.62. The number of nitrogens with zero attached hydrogens (tertiary/aromatic N) is 2. The highest BCUT2D eigenvalue weighted by molar-refractivity contribution is 5.76. The SMILES string of the molecule is CCC(=O)NC1(CN2CCOCC2)CCN(C(C)C)CC1. The van der Waals surface area contributed by atoms with E-state index in [-0.39, 0.29) is 11.4 Å². The fourth-order valence-electron chi connectivity index (χ4n) is 3.36. The van der Waals surface area contributed by atoms with E-state index in [0.29, 0.717) is 12.5 Å². The highest BCUT2D eigenvalue weighted by Gasteiger charge is 2.37. The van der Waals surface area contributed by atoms with E-state index in [4.69, 9.17) is 4.74 Å². The number of hydrogen-bond donors (Lipinski definition) is 1. The monoisotopic (exact) mass is 297 g/mol. The summed E-state index contributed by atoms with van der Waals surface area (Å²) in [4.78, 5) is 16.9. The Morgan fingerprint density at radius 3 is 2.33 bits per heavy atom. The van der Waals surface area contributed by atoms with E-state index in [2.05, 4.69) is 29.0 Å². The lowest BCUT2D eigenvalue weighted by molar-refractivity contribution is -0.124. The van der Waals surface area contributed by atoms with Crippen LogP contribution in [0.4, 0.5) is 0 Å². The average molecular weight is 297 g/mol. The summed E-state index contributed by atoms with van der Waals surface area (Å²) in [6.45, 7) is 13.1. The largest absolute Gasteiger partial charge is 0.379 e. The minimum Gasteiger partial charge on any atom is -0.379 e. The van der Waals surface area contributed by atoms with Gasteiger partial charge in [0.2, 0.25) is 5.91 Å². The molecule has 0 spiro atoms. The summed E-state index contributed by atoms with van der Waals surface area (Å²) in [6, 6.07) is 0.591. The number of hydrogen-bond acceptors (Lipinski definition) is 4. The van der Waals surface area contributed by atoms with Gasteiger partial charge in [0, 0.05) is 45.2 Å². The van der Waals surface area contributed by atoms with E-state index < -0.39 is 0 Å². The third-order valence-corrected chi connectivity index (χ3v) is 4.84. The second-order valence-electron chi connectivity index (χ2n) is 6.70. The Labute approximate surface area is 129 Å². The van der Waals surface area contributed by atoms with Crippen LogP contribution in [0.1, 0.15) is 40.0 Å². The topological polar surface area (TPSA) is 44.8 Å². The number of piperidine rings is 1. The highest BCUT2D eigenvalue weighted by atomic mass is 16.5. The number of rotatable bonds is 5. The summed E-state index contributed by atoms with van der Waals surface area (Å²) >= 11 is 0. The third-order valence-electron chi connectivity index (χ3n) is 4.84. The molecule has 1 amide bonds. The van der Waals surface area contributed by atoms with Crippen molar-refractivity contribution in [1.82, 2.24) is 15.1 Å². The molecule has 0 aromatic carbocycles. The van der Waals surface area contributed by atoms with Crippen LogP contribution in [0, 0.1) is 0 Å². The van der Waals surface area contributed by atoms with Gasteiger partial charge < -0.3 is 15.0 Å². The van der Waals surface area contributed by atoms with Crippen LogP contribution in [0.15, 0.2) is 0 Å². The van der Waals surface area contributed by atoms with Gasteiger partial charge in [-0.05, 0) is 26.7 Å². The smallest absolute Gasteiger partial charge is 0.220 e. The van der Waals surface area contributed by atoms with Crippen LogP contribution in [0.2, 0.25) is 0 Å². The molecule has 21 heavy (non-hydrogen) atoms. The summed E-state index contributed by atoms with van der Waals surface area (Å²) in [5.74, 6) is 0.182. The quantitative estimate of drug-likeness (QED) is 0.825. The number of amides is 1. The molecular weight excluding hydrogens is 266 g/mol. The summed E-state index contributed by atoms with van der Waals surface area (Å²) in [6.07, 6.45) is 2.67. The fraction of sp³-hybridized carbons (Fsp3) is 0.938. The Balaban J connectivity index is 1.99. The molecule has 0 radical (unpaired) electrons. The molecule has 2 fully saturated rings. The molecule has 122 valence electrons. The maximum atomic E-state index is 12.0. The minimum atomic E-state index is -0.0458. The first kappa shape index (κ1) is 16.7. The average Bonchev–Trinajstić information content (AvgIpc) is 2.48. The van der Waals surface area contributed by atoms with E-state index in [1.807, 2.05) is 6.92 Å². The number of likely N-dealkylation sites (tertiary alicyclic amines) is 1. The highest BCUT2D eigenvalue weighted by Crippen LogP contribution is 2.25. The van der Waals surface area contributed by atoms with Crippen LogP contribution in [-0.2, 0) is 9.53 Å². The van der Waals surface area contributed by atoms with Gasteiger partial charge in [-0.25, -0.2) is 0 Å². The Morgan fingerprint density at radius 2 is 1.81 bits per heavy atom. The Hall–Kier alpha value is -0.650. The Bertz CT molecular complexity index is 332. The molecule has 0 bridgehead atoms. The van der Waals surface area contributed by atoms with Gasteiger partial charge >= 0.3 is 0 Å². The lowest BCUT2D eigenvalue weighted by atomic mass is 9.85. The fourth-order valence-corrected chi connectivity index (χ4v) is 3.36. The van der Waals surface area contributed by atoms with Gasteiger partial charge in [0.15, 0.2) is 0 Å². The zero-order chi connectivity index (χ0) is 15.3. The number of carbonyl (C=O) groups excluding carboxylic acids is 1. The molecule has 2 rings (SSSR count). The van der Waals surface area contributed by atoms with Crippen molar-refractivity contribution in [3.8, 4) is 0 Å². The van der Waals surface area contributed by atoms with Gasteiger partial charge in [-0.1, -0.05) is 6.92 Å². The molecule has 2 saturated heterocycles. The Kier molecular flexibility index (Phi) is 6.02. The first-order valence-electron chi connectivity index (χ1n) is 8.40. The molecule has 5 nitrogen and oxygen atoms in total. The summed E-state index contributed by atoms with van der Waals surface area (Å²) in [5.41, 5.74) is -0.0458. The standard InChI is InChI=1S/C16H31N3O2/c1-4-15(20)17-16(13-18-9-11-21-12-10-18)5-7-19(8-6-16)14(2)3/h14H,4-13H2,1-3H3,(H,17,20). The van der Waals surface area contributed by atoms with E-state index in [1.54, 1.807) is 0 Å². The summed E-state index contributed by atoms with van der Waals surface area (Å²) in [5, 5.41) is 3.34. The maximum Gasteiger partial charge on any atom is 0.220 e. The van der Waals surface area contributed by atoms with Gasteiger partial charge in [-0.15, -0.1) is 0 Å². The van der Waals surface area contributed by atoms with Crippen LogP contribution in [0.3, 0.4) is 0 Å². The van der Waals surface area contributed by atoms with Gasteiger partial charge in [-0.2, -0.15) is 0 Å². The molecule has 5 heteroatoms. The Morgan fingerprint density at radius 1 is 1.19 bits per heavy atom. The molecule has 0 aromatic rings. The lowest BCUT2D eigenvalue weighted by Gasteiger charge is -2.46. The van der Waals surface area contributed by atoms with Crippen LogP contribution < -0.4 is 5.32 Å². The van der Waals surface area contributed by atoms with E-state index in [9.17, 15) is 4.79 Å². The molecular formula is C16H31N3O2. The molecule has 2 heterocycles. The van der Waals surface area contributed by atoms with Gasteiger partial charge in [0.1, 0.15) is 0 Å². The third kappa shape index (κ3) is 4.66. The summed E-state index contributed by atoms with van der Waals surface area (Å²) < 4.78 is 5.44. The molecule has 1 N–H and O–H groups in total. The van der Waals surface area contributed by atoms with Crippen molar-refractivity contribution in [3.63, 3.8) is 0 Å². The molecule has 0 aliphatic carbocycles. The van der Waals surface area contributed by atoms with E-state index in [1.165, 1.54) is 0 Å². The molecule has 2 aliphatic rings. The zero-order valence-corrected chi connectivity index (χ0v) is 13.9. The van der Waals surface area contributed by atoms with Gasteiger partial charge in [0.05, 0.1) is 18.8 Å². The van der Waals surface area contributed by atoms with Crippen LogP contribution in [0.5, 0.6) is 0 Å².